The summed E-state index contributed by atoms with van der Waals surface area (Å²) in [7, 11) is 0. The first-order valence-electron chi connectivity index (χ1n) is 2.89. The van der Waals surface area contributed by atoms with E-state index in [0.29, 0.717) is 5.75 Å². The van der Waals surface area contributed by atoms with Gasteiger partial charge in [-0.1, -0.05) is 18.2 Å². The topological polar surface area (TPSA) is 18.5 Å². The molecule has 5 heteroatoms. The monoisotopic (exact) mass is 224 g/mol. The number of hydrogen-bond acceptors (Lipinski definition) is 4. The molecule has 0 saturated heterocycles. The maximum absolute atomic E-state index is 4.72. The third-order valence-corrected chi connectivity index (χ3v) is 1.09. The van der Waals surface area contributed by atoms with Crippen LogP contribution in [0.1, 0.15) is 0 Å². The summed E-state index contributed by atoms with van der Waals surface area (Å²) < 4.78 is -0.0474. The summed E-state index contributed by atoms with van der Waals surface area (Å²) in [6, 6.07) is 9.01. The minimum atomic E-state index is -0.0474. The maximum Gasteiger partial charge on any atom is 1.00 e. The normalized spacial score (nSPS) is 8.00. The Balaban J connectivity index is 0.00000121. The molecule has 0 aromatic heterocycles. The summed E-state index contributed by atoms with van der Waals surface area (Å²) >= 11 is 8.92. The predicted molar refractivity (Wildman–Crippen MR) is 48.1 cm³/mol. The second-order valence-corrected chi connectivity index (χ2v) is 2.73. The van der Waals surface area contributed by atoms with Crippen LogP contribution in [0.4, 0.5) is 0 Å². The van der Waals surface area contributed by atoms with Crippen molar-refractivity contribution in [2.75, 3.05) is 0 Å². The quantitative estimate of drug-likeness (QED) is 0.207. The van der Waals surface area contributed by atoms with Gasteiger partial charge in [-0.05, 0) is 12.1 Å². The molecular weight excluding hydrogens is 219 g/mol. The van der Waals surface area contributed by atoms with Crippen molar-refractivity contribution in [3.8, 4) is 5.75 Å². The van der Waals surface area contributed by atoms with E-state index < -0.39 is 0 Å². The molecule has 12 heavy (non-hydrogen) atoms. The average Bonchev–Trinajstić information content (AvgIpc) is 2.03. The van der Waals surface area contributed by atoms with Crippen LogP contribution in [-0.2, 0) is 17.5 Å². The fourth-order valence-electron chi connectivity index (χ4n) is 0.558. The standard InChI is InChI=1S/C7H6O2S2.K/c10-7(11)9-8-6-4-2-1-3-5-6;/h1-5H,(H,10,11);/q;+1/p-1. The Hall–Kier alpha value is 0.766. The minimum Gasteiger partial charge on any atom is -0.386 e. The Labute approximate surface area is 124 Å². The van der Waals surface area contributed by atoms with Crippen LogP contribution in [-0.4, -0.2) is 4.38 Å². The molecule has 0 aliphatic heterocycles. The van der Waals surface area contributed by atoms with E-state index in [1.54, 1.807) is 12.1 Å². The van der Waals surface area contributed by atoms with Gasteiger partial charge < -0.3 is 29.7 Å². The van der Waals surface area contributed by atoms with Gasteiger partial charge in [-0.2, -0.15) is 0 Å². The van der Waals surface area contributed by atoms with Gasteiger partial charge in [-0.25, -0.2) is 0 Å². The van der Waals surface area contributed by atoms with Gasteiger partial charge in [0.15, 0.2) is 5.75 Å². The van der Waals surface area contributed by atoms with Gasteiger partial charge in [0.05, 0.1) is 4.38 Å². The first-order chi connectivity index (χ1) is 5.29. The van der Waals surface area contributed by atoms with Crippen LogP contribution in [0, 0.1) is 0 Å². The summed E-state index contributed by atoms with van der Waals surface area (Å²) in [5.41, 5.74) is 0. The van der Waals surface area contributed by atoms with Crippen LogP contribution < -0.4 is 56.3 Å². The summed E-state index contributed by atoms with van der Waals surface area (Å²) in [6.45, 7) is 0. The van der Waals surface area contributed by atoms with Crippen molar-refractivity contribution in [3.63, 3.8) is 0 Å². The largest absolute Gasteiger partial charge is 1.00 e. The van der Waals surface area contributed by atoms with Crippen molar-refractivity contribution < 1.29 is 61.2 Å². The van der Waals surface area contributed by atoms with Crippen molar-refractivity contribution in [2.45, 2.75) is 0 Å². The third kappa shape index (κ3) is 5.42. The first-order valence-corrected chi connectivity index (χ1v) is 3.71. The molecule has 0 bridgehead atoms. The Morgan fingerprint density at radius 1 is 1.25 bits per heavy atom. The van der Waals surface area contributed by atoms with Gasteiger partial charge in [0.25, 0.3) is 0 Å². The second kappa shape index (κ2) is 7.20. The molecule has 0 radical (unpaired) electrons. The molecule has 0 aliphatic rings. The van der Waals surface area contributed by atoms with Crippen LogP contribution in [0.15, 0.2) is 30.3 Å². The number of para-hydroxylation sites is 1. The molecular formula is C7H5KO2S2. The average molecular weight is 224 g/mol. The molecule has 1 rings (SSSR count). The number of benzene rings is 1. The molecule has 0 atom stereocenters. The van der Waals surface area contributed by atoms with E-state index in [9.17, 15) is 0 Å². The number of thiocarbonyl (C=S) groups is 1. The molecule has 0 unspecified atom stereocenters. The van der Waals surface area contributed by atoms with E-state index in [1.807, 2.05) is 18.2 Å². The molecule has 0 saturated carbocycles. The fraction of sp³-hybridized carbons (Fsp3) is 0. The van der Waals surface area contributed by atoms with Crippen molar-refractivity contribution >= 4 is 29.2 Å². The third-order valence-electron chi connectivity index (χ3n) is 0.949. The van der Waals surface area contributed by atoms with Crippen LogP contribution in [0.5, 0.6) is 5.75 Å². The van der Waals surface area contributed by atoms with Crippen molar-refractivity contribution in [3.05, 3.63) is 30.3 Å². The van der Waals surface area contributed by atoms with Gasteiger partial charge >= 0.3 is 51.4 Å². The summed E-state index contributed by atoms with van der Waals surface area (Å²) in [5, 5.41) is 0. The molecule has 0 N–H and O–H groups in total. The minimum absolute atomic E-state index is 0. The van der Waals surface area contributed by atoms with Crippen molar-refractivity contribution in [1.29, 1.82) is 0 Å². The van der Waals surface area contributed by atoms with Crippen LogP contribution >= 0.6 is 12.2 Å². The number of hydrogen-bond donors (Lipinski definition) is 0. The molecule has 58 valence electrons. The second-order valence-electron chi connectivity index (χ2n) is 1.73. The zero-order valence-electron chi connectivity index (χ0n) is 6.52. The van der Waals surface area contributed by atoms with E-state index in [1.165, 1.54) is 0 Å². The Morgan fingerprint density at radius 3 is 2.33 bits per heavy atom. The molecule has 0 fully saturated rings. The van der Waals surface area contributed by atoms with Gasteiger partial charge in [-0.3, -0.25) is 4.89 Å². The Bertz CT molecular complexity index is 240. The molecule has 0 heterocycles. The van der Waals surface area contributed by atoms with E-state index in [2.05, 4.69) is 29.7 Å². The van der Waals surface area contributed by atoms with Gasteiger partial charge in [0, 0.05) is 0 Å². The molecule has 0 spiro atoms. The molecule has 0 amide bonds. The van der Waals surface area contributed by atoms with Gasteiger partial charge in [0.1, 0.15) is 0 Å². The summed E-state index contributed by atoms with van der Waals surface area (Å²) in [5.74, 6) is 0.583. The fourth-order valence-corrected chi connectivity index (χ4v) is 0.626. The van der Waals surface area contributed by atoms with Crippen molar-refractivity contribution in [2.24, 2.45) is 0 Å². The zero-order chi connectivity index (χ0) is 8.10. The van der Waals surface area contributed by atoms with E-state index >= 15 is 0 Å². The van der Waals surface area contributed by atoms with E-state index in [-0.39, 0.29) is 55.8 Å². The summed E-state index contributed by atoms with van der Waals surface area (Å²) in [6.07, 6.45) is 0. The predicted octanol–water partition coefficient (Wildman–Crippen LogP) is -1.17. The SMILES string of the molecule is S=C([S-])OOc1ccccc1.[K+]. The number of rotatable bonds is 2. The van der Waals surface area contributed by atoms with Gasteiger partial charge in [-0.15, -0.1) is 0 Å². The Kier molecular flexibility index (Phi) is 7.66. The van der Waals surface area contributed by atoms with Gasteiger partial charge in [0.2, 0.25) is 0 Å². The summed E-state index contributed by atoms with van der Waals surface area (Å²) in [4.78, 5) is 9.20. The van der Waals surface area contributed by atoms with Crippen LogP contribution in [0.25, 0.3) is 0 Å². The molecule has 2 nitrogen and oxygen atoms in total. The first kappa shape index (κ1) is 12.8. The molecule has 0 aliphatic carbocycles. The van der Waals surface area contributed by atoms with Crippen molar-refractivity contribution in [1.82, 2.24) is 0 Å². The smallest absolute Gasteiger partial charge is 0.386 e. The maximum atomic E-state index is 4.72. The van der Waals surface area contributed by atoms with Crippen LogP contribution in [0.3, 0.4) is 0 Å². The zero-order valence-corrected chi connectivity index (χ0v) is 11.3. The van der Waals surface area contributed by atoms with E-state index in [0.717, 1.165) is 0 Å². The van der Waals surface area contributed by atoms with E-state index in [4.69, 9.17) is 4.89 Å². The van der Waals surface area contributed by atoms with Crippen LogP contribution in [0.2, 0.25) is 0 Å². The Morgan fingerprint density at radius 2 is 1.83 bits per heavy atom. The molecule has 1 aromatic rings. The molecule has 1 aromatic carbocycles.